The molecule has 0 aromatic heterocycles. The fourth-order valence-corrected chi connectivity index (χ4v) is 1.89. The standard InChI is InChI=1S/C14H14ClFN2O2/c1-19-8-3-4-14(20-2)13(5-8)18-12-6-9(15)10(16)7-11(12)17/h3-7,18H,17H2,1-2H3. The Morgan fingerprint density at radius 2 is 1.85 bits per heavy atom. The highest BCUT2D eigenvalue weighted by Gasteiger charge is 2.10. The summed E-state index contributed by atoms with van der Waals surface area (Å²) in [7, 11) is 3.11. The van der Waals surface area contributed by atoms with Crippen molar-refractivity contribution >= 4 is 28.7 Å². The maximum absolute atomic E-state index is 13.3. The molecule has 0 atom stereocenters. The van der Waals surface area contributed by atoms with Crippen LogP contribution in [-0.2, 0) is 0 Å². The molecule has 0 heterocycles. The van der Waals surface area contributed by atoms with Crippen molar-refractivity contribution in [3.8, 4) is 11.5 Å². The average molecular weight is 297 g/mol. The topological polar surface area (TPSA) is 56.5 Å². The first kappa shape index (κ1) is 14.3. The van der Waals surface area contributed by atoms with E-state index < -0.39 is 5.82 Å². The number of hydrogen-bond donors (Lipinski definition) is 2. The van der Waals surface area contributed by atoms with Gasteiger partial charge in [-0.15, -0.1) is 0 Å². The first-order chi connectivity index (χ1) is 9.55. The molecule has 106 valence electrons. The minimum Gasteiger partial charge on any atom is -0.497 e. The van der Waals surface area contributed by atoms with E-state index in [-0.39, 0.29) is 10.7 Å². The normalized spacial score (nSPS) is 10.2. The fourth-order valence-electron chi connectivity index (χ4n) is 1.73. The molecule has 4 nitrogen and oxygen atoms in total. The third-order valence-electron chi connectivity index (χ3n) is 2.77. The SMILES string of the molecule is COc1ccc(OC)c(Nc2cc(Cl)c(F)cc2N)c1. The van der Waals surface area contributed by atoms with E-state index in [0.717, 1.165) is 6.07 Å². The molecule has 2 aromatic carbocycles. The number of methoxy groups -OCH3 is 2. The lowest BCUT2D eigenvalue weighted by Crippen LogP contribution is -2.00. The molecule has 0 aliphatic carbocycles. The number of halogens is 2. The Labute approximate surface area is 121 Å². The van der Waals surface area contributed by atoms with Crippen molar-refractivity contribution in [1.82, 2.24) is 0 Å². The Morgan fingerprint density at radius 1 is 1.10 bits per heavy atom. The van der Waals surface area contributed by atoms with Crippen molar-refractivity contribution in [3.05, 3.63) is 41.2 Å². The molecule has 2 rings (SSSR count). The molecule has 0 spiro atoms. The molecule has 0 saturated heterocycles. The van der Waals surface area contributed by atoms with Crippen LogP contribution in [0, 0.1) is 5.82 Å². The van der Waals surface area contributed by atoms with E-state index in [9.17, 15) is 4.39 Å². The number of nitrogen functional groups attached to an aromatic ring is 1. The number of nitrogens with one attached hydrogen (secondary N) is 1. The Kier molecular flexibility index (Phi) is 4.20. The van der Waals surface area contributed by atoms with Gasteiger partial charge < -0.3 is 20.5 Å². The lowest BCUT2D eigenvalue weighted by molar-refractivity contribution is 0.405. The van der Waals surface area contributed by atoms with Crippen LogP contribution in [0.4, 0.5) is 21.5 Å². The van der Waals surface area contributed by atoms with Crippen molar-refractivity contribution in [2.24, 2.45) is 0 Å². The zero-order chi connectivity index (χ0) is 14.7. The van der Waals surface area contributed by atoms with Crippen molar-refractivity contribution in [2.75, 3.05) is 25.3 Å². The third-order valence-corrected chi connectivity index (χ3v) is 3.06. The summed E-state index contributed by atoms with van der Waals surface area (Å²) in [5, 5.41) is 3.04. The van der Waals surface area contributed by atoms with E-state index in [1.54, 1.807) is 32.4 Å². The van der Waals surface area contributed by atoms with Gasteiger partial charge in [0.1, 0.15) is 17.3 Å². The van der Waals surface area contributed by atoms with Crippen LogP contribution in [0.3, 0.4) is 0 Å². The molecule has 0 amide bonds. The summed E-state index contributed by atoms with van der Waals surface area (Å²) in [5.74, 6) is 0.693. The predicted molar refractivity (Wildman–Crippen MR) is 78.7 cm³/mol. The van der Waals surface area contributed by atoms with Crippen LogP contribution >= 0.6 is 11.6 Å². The highest BCUT2D eigenvalue weighted by atomic mass is 35.5. The van der Waals surface area contributed by atoms with Crippen LogP contribution in [0.2, 0.25) is 5.02 Å². The number of benzene rings is 2. The van der Waals surface area contributed by atoms with Crippen LogP contribution in [0.5, 0.6) is 11.5 Å². The lowest BCUT2D eigenvalue weighted by Gasteiger charge is -2.14. The largest absolute Gasteiger partial charge is 0.497 e. The minimum absolute atomic E-state index is 0.0106. The maximum Gasteiger partial charge on any atom is 0.143 e. The van der Waals surface area contributed by atoms with Gasteiger partial charge in [0.2, 0.25) is 0 Å². The number of anilines is 3. The second kappa shape index (κ2) is 5.88. The van der Waals surface area contributed by atoms with E-state index in [4.69, 9.17) is 26.8 Å². The Balaban J connectivity index is 2.41. The van der Waals surface area contributed by atoms with Gasteiger partial charge in [-0.1, -0.05) is 11.6 Å². The van der Waals surface area contributed by atoms with Crippen LogP contribution in [0.1, 0.15) is 0 Å². The van der Waals surface area contributed by atoms with E-state index in [1.165, 1.54) is 6.07 Å². The van der Waals surface area contributed by atoms with Crippen LogP contribution in [-0.4, -0.2) is 14.2 Å². The Morgan fingerprint density at radius 3 is 2.50 bits per heavy atom. The Hall–Kier alpha value is -2.14. The molecule has 0 aliphatic rings. The van der Waals surface area contributed by atoms with Gasteiger partial charge in [0, 0.05) is 12.1 Å². The van der Waals surface area contributed by atoms with Crippen LogP contribution in [0.15, 0.2) is 30.3 Å². The molecular formula is C14H14ClFN2O2. The minimum atomic E-state index is -0.563. The number of nitrogens with two attached hydrogens (primary N) is 1. The van der Waals surface area contributed by atoms with Gasteiger partial charge in [0.05, 0.1) is 36.3 Å². The lowest BCUT2D eigenvalue weighted by atomic mass is 10.2. The number of hydrogen-bond acceptors (Lipinski definition) is 4. The summed E-state index contributed by atoms with van der Waals surface area (Å²) < 4.78 is 23.7. The van der Waals surface area contributed by atoms with Gasteiger partial charge in [-0.3, -0.25) is 0 Å². The molecule has 0 radical (unpaired) electrons. The fraction of sp³-hybridized carbons (Fsp3) is 0.143. The number of ether oxygens (including phenoxy) is 2. The predicted octanol–water partition coefficient (Wildman–Crippen LogP) is 3.82. The summed E-state index contributed by atoms with van der Waals surface area (Å²) in [4.78, 5) is 0. The Bertz CT molecular complexity index is 635. The molecule has 0 saturated carbocycles. The summed E-state index contributed by atoms with van der Waals surface area (Å²) in [6.45, 7) is 0. The van der Waals surface area contributed by atoms with Gasteiger partial charge in [0.15, 0.2) is 0 Å². The molecule has 0 bridgehead atoms. The smallest absolute Gasteiger partial charge is 0.143 e. The summed E-state index contributed by atoms with van der Waals surface area (Å²) in [6, 6.07) is 7.85. The molecule has 0 aliphatic heterocycles. The van der Waals surface area contributed by atoms with E-state index in [0.29, 0.717) is 22.9 Å². The third kappa shape index (κ3) is 2.88. The zero-order valence-electron chi connectivity index (χ0n) is 11.0. The molecular weight excluding hydrogens is 283 g/mol. The maximum atomic E-state index is 13.3. The molecule has 0 unspecified atom stereocenters. The summed E-state index contributed by atoms with van der Waals surface area (Å²) in [5.41, 5.74) is 7.14. The van der Waals surface area contributed by atoms with Gasteiger partial charge in [0.25, 0.3) is 0 Å². The first-order valence-corrected chi connectivity index (χ1v) is 6.16. The zero-order valence-corrected chi connectivity index (χ0v) is 11.8. The van der Waals surface area contributed by atoms with E-state index in [2.05, 4.69) is 5.32 Å². The van der Waals surface area contributed by atoms with Crippen molar-refractivity contribution in [2.45, 2.75) is 0 Å². The second-order valence-electron chi connectivity index (χ2n) is 4.04. The highest BCUT2D eigenvalue weighted by Crippen LogP contribution is 2.35. The average Bonchev–Trinajstić information content (AvgIpc) is 2.44. The monoisotopic (exact) mass is 296 g/mol. The van der Waals surface area contributed by atoms with Crippen molar-refractivity contribution in [1.29, 1.82) is 0 Å². The highest BCUT2D eigenvalue weighted by molar-refractivity contribution is 6.31. The second-order valence-corrected chi connectivity index (χ2v) is 4.45. The van der Waals surface area contributed by atoms with Crippen LogP contribution < -0.4 is 20.5 Å². The van der Waals surface area contributed by atoms with Gasteiger partial charge in [-0.2, -0.15) is 0 Å². The van der Waals surface area contributed by atoms with Gasteiger partial charge in [-0.25, -0.2) is 4.39 Å². The molecule has 0 fully saturated rings. The quantitative estimate of drug-likeness (QED) is 0.842. The molecule has 3 N–H and O–H groups in total. The molecule has 2 aromatic rings. The van der Waals surface area contributed by atoms with Gasteiger partial charge >= 0.3 is 0 Å². The van der Waals surface area contributed by atoms with Gasteiger partial charge in [-0.05, 0) is 18.2 Å². The number of rotatable bonds is 4. The summed E-state index contributed by atoms with van der Waals surface area (Å²) in [6.07, 6.45) is 0. The van der Waals surface area contributed by atoms with Crippen molar-refractivity contribution < 1.29 is 13.9 Å². The van der Waals surface area contributed by atoms with Crippen LogP contribution in [0.25, 0.3) is 0 Å². The molecule has 20 heavy (non-hydrogen) atoms. The van der Waals surface area contributed by atoms with Crippen molar-refractivity contribution in [3.63, 3.8) is 0 Å². The van der Waals surface area contributed by atoms with E-state index in [1.807, 2.05) is 0 Å². The summed E-state index contributed by atoms with van der Waals surface area (Å²) >= 11 is 5.76. The molecule has 6 heteroatoms. The van der Waals surface area contributed by atoms with E-state index >= 15 is 0 Å². The first-order valence-electron chi connectivity index (χ1n) is 5.78.